The number of benzene rings is 1. The van der Waals surface area contributed by atoms with Crippen LogP contribution in [-0.4, -0.2) is 35.6 Å². The maximum atomic E-state index is 12.1. The summed E-state index contributed by atoms with van der Waals surface area (Å²) in [6.07, 6.45) is 0. The molecule has 1 amide bonds. The molecule has 1 aromatic rings. The number of carbonyl (C=O) groups excluding carboxylic acids is 1. The van der Waals surface area contributed by atoms with Crippen molar-refractivity contribution in [3.8, 4) is 0 Å². The van der Waals surface area contributed by atoms with Crippen LogP contribution in [0.2, 0.25) is 0 Å². The van der Waals surface area contributed by atoms with Gasteiger partial charge in [0.2, 0.25) is 0 Å². The average molecular weight is 287 g/mol. The van der Waals surface area contributed by atoms with E-state index in [4.69, 9.17) is 10.8 Å². The molecule has 0 heterocycles. The molecule has 1 rings (SSSR count). The zero-order valence-electron chi connectivity index (χ0n) is 9.11. The predicted molar refractivity (Wildman–Crippen MR) is 67.2 cm³/mol. The topological polar surface area (TPSA) is 66.6 Å². The number of carbonyl (C=O) groups is 1. The van der Waals surface area contributed by atoms with Gasteiger partial charge in [-0.05, 0) is 41.1 Å². The summed E-state index contributed by atoms with van der Waals surface area (Å²) in [6.45, 7) is 2.71. The summed E-state index contributed by atoms with van der Waals surface area (Å²) in [6, 6.07) is 5.10. The molecule has 5 heteroatoms. The van der Waals surface area contributed by atoms with Crippen LogP contribution in [0.3, 0.4) is 0 Å². The molecule has 0 radical (unpaired) electrons. The molecule has 0 saturated carbocycles. The predicted octanol–water partition coefficient (Wildman–Crippen LogP) is 1.49. The van der Waals surface area contributed by atoms with Gasteiger partial charge in [-0.15, -0.1) is 0 Å². The van der Waals surface area contributed by atoms with Crippen molar-refractivity contribution in [3.63, 3.8) is 0 Å². The van der Waals surface area contributed by atoms with Crippen molar-refractivity contribution in [2.75, 3.05) is 25.4 Å². The van der Waals surface area contributed by atoms with Gasteiger partial charge in [0.1, 0.15) is 0 Å². The Kier molecular flexibility index (Phi) is 4.76. The van der Waals surface area contributed by atoms with Crippen molar-refractivity contribution >= 4 is 27.5 Å². The Hall–Kier alpha value is -1.07. The molecule has 4 nitrogen and oxygen atoms in total. The van der Waals surface area contributed by atoms with E-state index in [1.165, 1.54) is 0 Å². The minimum absolute atomic E-state index is 0.0421. The van der Waals surface area contributed by atoms with E-state index in [1.807, 2.05) is 6.92 Å². The maximum Gasteiger partial charge on any atom is 0.255 e. The molecule has 0 aliphatic heterocycles. The van der Waals surface area contributed by atoms with Gasteiger partial charge in [0.25, 0.3) is 5.91 Å². The molecule has 0 aliphatic carbocycles. The molecule has 0 unspecified atom stereocenters. The van der Waals surface area contributed by atoms with Crippen LogP contribution in [0, 0.1) is 0 Å². The maximum absolute atomic E-state index is 12.1. The number of likely N-dealkylation sites (N-methyl/N-ethyl adjacent to an activating group) is 1. The largest absolute Gasteiger partial charge is 0.399 e. The zero-order valence-corrected chi connectivity index (χ0v) is 10.7. The van der Waals surface area contributed by atoms with Gasteiger partial charge >= 0.3 is 0 Å². The van der Waals surface area contributed by atoms with Crippen molar-refractivity contribution in [2.45, 2.75) is 6.92 Å². The summed E-state index contributed by atoms with van der Waals surface area (Å²) < 4.78 is 0.711. The number of nitrogens with zero attached hydrogens (tertiary/aromatic N) is 1. The first-order chi connectivity index (χ1) is 7.60. The number of anilines is 1. The highest BCUT2D eigenvalue weighted by Gasteiger charge is 2.16. The Morgan fingerprint density at radius 3 is 2.81 bits per heavy atom. The van der Waals surface area contributed by atoms with Gasteiger partial charge in [-0.3, -0.25) is 4.79 Å². The summed E-state index contributed by atoms with van der Waals surface area (Å²) in [5.74, 6) is -0.129. The SMILES string of the molecule is CCN(CCO)C(=O)c1cc(N)ccc1Br. The van der Waals surface area contributed by atoms with Crippen molar-refractivity contribution in [1.82, 2.24) is 4.90 Å². The lowest BCUT2D eigenvalue weighted by Gasteiger charge is -2.20. The lowest BCUT2D eigenvalue weighted by Crippen LogP contribution is -2.33. The Labute approximate surface area is 103 Å². The Bertz CT molecular complexity index is 382. The molecular formula is C11H15BrN2O2. The van der Waals surface area contributed by atoms with Crippen LogP contribution in [-0.2, 0) is 0 Å². The van der Waals surface area contributed by atoms with E-state index in [2.05, 4.69) is 15.9 Å². The van der Waals surface area contributed by atoms with Gasteiger partial charge in [0, 0.05) is 23.2 Å². The number of hydrogen-bond acceptors (Lipinski definition) is 3. The van der Waals surface area contributed by atoms with Crippen LogP contribution < -0.4 is 5.73 Å². The Morgan fingerprint density at radius 1 is 1.56 bits per heavy atom. The molecule has 1 aromatic carbocycles. The third kappa shape index (κ3) is 2.96. The third-order valence-corrected chi connectivity index (χ3v) is 2.95. The molecule has 0 aliphatic rings. The molecule has 0 bridgehead atoms. The normalized spacial score (nSPS) is 10.2. The molecule has 0 aromatic heterocycles. The quantitative estimate of drug-likeness (QED) is 0.824. The molecule has 3 N–H and O–H groups in total. The number of hydrogen-bond donors (Lipinski definition) is 2. The molecule has 0 atom stereocenters. The van der Waals surface area contributed by atoms with Gasteiger partial charge < -0.3 is 15.7 Å². The van der Waals surface area contributed by atoms with E-state index in [1.54, 1.807) is 23.1 Å². The lowest BCUT2D eigenvalue weighted by atomic mass is 10.2. The summed E-state index contributed by atoms with van der Waals surface area (Å²) >= 11 is 3.31. The van der Waals surface area contributed by atoms with Crippen LogP contribution in [0.1, 0.15) is 17.3 Å². The number of halogens is 1. The molecular weight excluding hydrogens is 272 g/mol. The minimum atomic E-state index is -0.129. The number of rotatable bonds is 4. The average Bonchev–Trinajstić information content (AvgIpc) is 2.28. The summed E-state index contributed by atoms with van der Waals surface area (Å²) in [4.78, 5) is 13.6. The lowest BCUT2D eigenvalue weighted by molar-refractivity contribution is 0.0731. The van der Waals surface area contributed by atoms with E-state index in [0.29, 0.717) is 28.8 Å². The number of nitrogen functional groups attached to an aromatic ring is 1. The summed E-state index contributed by atoms with van der Waals surface area (Å²) in [7, 11) is 0. The fourth-order valence-electron chi connectivity index (χ4n) is 1.40. The smallest absolute Gasteiger partial charge is 0.255 e. The highest BCUT2D eigenvalue weighted by atomic mass is 79.9. The van der Waals surface area contributed by atoms with Crippen LogP contribution in [0.15, 0.2) is 22.7 Å². The van der Waals surface area contributed by atoms with Gasteiger partial charge in [0.15, 0.2) is 0 Å². The Morgan fingerprint density at radius 2 is 2.25 bits per heavy atom. The highest BCUT2D eigenvalue weighted by molar-refractivity contribution is 9.10. The number of aliphatic hydroxyl groups excluding tert-OH is 1. The van der Waals surface area contributed by atoms with Crippen LogP contribution in [0.5, 0.6) is 0 Å². The number of nitrogens with two attached hydrogens (primary N) is 1. The first-order valence-corrected chi connectivity index (χ1v) is 5.84. The number of aliphatic hydroxyl groups is 1. The van der Waals surface area contributed by atoms with Gasteiger partial charge in [0.05, 0.1) is 12.2 Å². The standard InChI is InChI=1S/C11H15BrN2O2/c1-2-14(5-6-15)11(16)9-7-8(13)3-4-10(9)12/h3-4,7,15H,2,5-6,13H2,1H3. The van der Waals surface area contributed by atoms with Crippen LogP contribution in [0.25, 0.3) is 0 Å². The first-order valence-electron chi connectivity index (χ1n) is 5.05. The monoisotopic (exact) mass is 286 g/mol. The fraction of sp³-hybridized carbons (Fsp3) is 0.364. The molecule has 0 saturated heterocycles. The van der Waals surface area contributed by atoms with E-state index in [0.717, 1.165) is 0 Å². The first kappa shape index (κ1) is 13.0. The van der Waals surface area contributed by atoms with E-state index in [-0.39, 0.29) is 12.5 Å². The third-order valence-electron chi connectivity index (χ3n) is 2.26. The molecule has 0 spiro atoms. The molecule has 0 fully saturated rings. The second-order valence-corrected chi connectivity index (χ2v) is 4.20. The minimum Gasteiger partial charge on any atom is -0.399 e. The van der Waals surface area contributed by atoms with Gasteiger partial charge in [-0.2, -0.15) is 0 Å². The van der Waals surface area contributed by atoms with E-state index < -0.39 is 0 Å². The highest BCUT2D eigenvalue weighted by Crippen LogP contribution is 2.21. The van der Waals surface area contributed by atoms with Gasteiger partial charge in [-0.25, -0.2) is 0 Å². The Balaban J connectivity index is 2.98. The second-order valence-electron chi connectivity index (χ2n) is 3.35. The molecule has 88 valence electrons. The fourth-order valence-corrected chi connectivity index (χ4v) is 1.82. The van der Waals surface area contributed by atoms with E-state index in [9.17, 15) is 4.79 Å². The van der Waals surface area contributed by atoms with E-state index >= 15 is 0 Å². The summed E-state index contributed by atoms with van der Waals surface area (Å²) in [5.41, 5.74) is 6.71. The number of amides is 1. The zero-order chi connectivity index (χ0) is 12.1. The second kappa shape index (κ2) is 5.86. The summed E-state index contributed by atoms with van der Waals surface area (Å²) in [5, 5.41) is 8.86. The van der Waals surface area contributed by atoms with Crippen molar-refractivity contribution in [2.24, 2.45) is 0 Å². The van der Waals surface area contributed by atoms with Crippen molar-refractivity contribution < 1.29 is 9.90 Å². The van der Waals surface area contributed by atoms with Gasteiger partial charge in [-0.1, -0.05) is 0 Å². The van der Waals surface area contributed by atoms with Crippen molar-refractivity contribution in [3.05, 3.63) is 28.2 Å². The van der Waals surface area contributed by atoms with Crippen LogP contribution in [0.4, 0.5) is 5.69 Å². The van der Waals surface area contributed by atoms with Crippen LogP contribution >= 0.6 is 15.9 Å². The van der Waals surface area contributed by atoms with Crippen molar-refractivity contribution in [1.29, 1.82) is 0 Å². The molecule has 16 heavy (non-hydrogen) atoms.